The fraction of sp³-hybridized carbons (Fsp3) is 0.667. The van der Waals surface area contributed by atoms with Crippen molar-refractivity contribution in [2.75, 3.05) is 13.7 Å². The lowest BCUT2D eigenvalue weighted by molar-refractivity contribution is 0.0864. The Morgan fingerprint density at radius 2 is 2.47 bits per heavy atom. The number of nitrogens with zero attached hydrogens (tertiary/aromatic N) is 2. The van der Waals surface area contributed by atoms with Crippen molar-refractivity contribution in [3.63, 3.8) is 0 Å². The van der Waals surface area contributed by atoms with Crippen LogP contribution in [-0.2, 0) is 11.3 Å². The van der Waals surface area contributed by atoms with Gasteiger partial charge in [0.15, 0.2) is 11.5 Å². The number of aryl methyl sites for hydroxylation is 1. The smallest absolute Gasteiger partial charge is 0.190 e. The fourth-order valence-electron chi connectivity index (χ4n) is 2.20. The zero-order valence-electron chi connectivity index (χ0n) is 10.5. The minimum atomic E-state index is -0.0686. The standard InChI is InChI=1S/C12H18N2O3/c1-4-14-11(10(16-3)6-13-14)12(15)9-5-8(2)17-7-9/h6,8-9H,4-5,7H2,1-3H3. The molecule has 5 heteroatoms. The normalized spacial score (nSPS) is 23.9. The van der Waals surface area contributed by atoms with E-state index in [4.69, 9.17) is 9.47 Å². The van der Waals surface area contributed by atoms with Gasteiger partial charge in [0.1, 0.15) is 5.69 Å². The zero-order valence-corrected chi connectivity index (χ0v) is 10.5. The summed E-state index contributed by atoms with van der Waals surface area (Å²) in [4.78, 5) is 12.4. The van der Waals surface area contributed by atoms with E-state index in [1.54, 1.807) is 18.0 Å². The minimum absolute atomic E-state index is 0.0686. The van der Waals surface area contributed by atoms with E-state index in [0.717, 1.165) is 6.42 Å². The number of methoxy groups -OCH3 is 1. The molecule has 2 unspecified atom stereocenters. The molecule has 2 rings (SSSR count). The van der Waals surface area contributed by atoms with Gasteiger partial charge in [0.05, 0.1) is 26.0 Å². The van der Waals surface area contributed by atoms with E-state index in [2.05, 4.69) is 5.10 Å². The predicted molar refractivity (Wildman–Crippen MR) is 62.3 cm³/mol. The molecule has 1 aliphatic heterocycles. The third-order valence-corrected chi connectivity index (χ3v) is 3.13. The van der Waals surface area contributed by atoms with Gasteiger partial charge < -0.3 is 9.47 Å². The second-order valence-electron chi connectivity index (χ2n) is 4.32. The number of hydrogen-bond acceptors (Lipinski definition) is 4. The molecule has 0 aliphatic carbocycles. The molecule has 1 saturated heterocycles. The first kappa shape index (κ1) is 12.1. The highest BCUT2D eigenvalue weighted by Gasteiger charge is 2.32. The molecule has 0 amide bonds. The molecule has 1 aromatic rings. The van der Waals surface area contributed by atoms with Gasteiger partial charge in [0, 0.05) is 12.5 Å². The number of ether oxygens (including phenoxy) is 2. The molecule has 0 N–H and O–H groups in total. The Balaban J connectivity index is 2.26. The zero-order chi connectivity index (χ0) is 12.4. The molecule has 1 aliphatic rings. The van der Waals surface area contributed by atoms with E-state index in [1.807, 2.05) is 13.8 Å². The van der Waals surface area contributed by atoms with E-state index < -0.39 is 0 Å². The van der Waals surface area contributed by atoms with Crippen LogP contribution in [0.5, 0.6) is 5.75 Å². The summed E-state index contributed by atoms with van der Waals surface area (Å²) in [5.41, 5.74) is 0.567. The molecular weight excluding hydrogens is 220 g/mol. The van der Waals surface area contributed by atoms with Crippen LogP contribution >= 0.6 is 0 Å². The third kappa shape index (κ3) is 2.20. The SMILES string of the molecule is CCn1ncc(OC)c1C(=O)C1COC(C)C1. The van der Waals surface area contributed by atoms with Crippen LogP contribution in [0.15, 0.2) is 6.20 Å². The van der Waals surface area contributed by atoms with E-state index in [-0.39, 0.29) is 17.8 Å². The van der Waals surface area contributed by atoms with Crippen molar-refractivity contribution in [3.05, 3.63) is 11.9 Å². The first-order valence-electron chi connectivity index (χ1n) is 5.93. The molecule has 2 atom stereocenters. The van der Waals surface area contributed by atoms with Crippen LogP contribution in [-0.4, -0.2) is 35.4 Å². The molecule has 0 spiro atoms. The summed E-state index contributed by atoms with van der Waals surface area (Å²) in [6, 6.07) is 0. The predicted octanol–water partition coefficient (Wildman–Crippen LogP) is 1.52. The highest BCUT2D eigenvalue weighted by atomic mass is 16.5. The maximum Gasteiger partial charge on any atom is 0.190 e. The molecule has 1 fully saturated rings. The quantitative estimate of drug-likeness (QED) is 0.746. The number of aromatic nitrogens is 2. The van der Waals surface area contributed by atoms with Crippen LogP contribution in [0.2, 0.25) is 0 Å². The first-order chi connectivity index (χ1) is 8.17. The number of carbonyl (C=O) groups excluding carboxylic acids is 1. The number of hydrogen-bond donors (Lipinski definition) is 0. The van der Waals surface area contributed by atoms with Gasteiger partial charge in [-0.25, -0.2) is 0 Å². The summed E-state index contributed by atoms with van der Waals surface area (Å²) >= 11 is 0. The van der Waals surface area contributed by atoms with Gasteiger partial charge in [0.25, 0.3) is 0 Å². The average Bonchev–Trinajstić information content (AvgIpc) is 2.93. The third-order valence-electron chi connectivity index (χ3n) is 3.13. The Labute approximate surface area is 101 Å². The number of Topliss-reactive ketones (excluding diaryl/α,β-unsaturated/α-hetero) is 1. The maximum absolute atomic E-state index is 12.4. The van der Waals surface area contributed by atoms with Crippen molar-refractivity contribution in [3.8, 4) is 5.75 Å². The molecule has 0 aromatic carbocycles. The van der Waals surface area contributed by atoms with Crippen molar-refractivity contribution < 1.29 is 14.3 Å². The van der Waals surface area contributed by atoms with Crippen LogP contribution in [0, 0.1) is 5.92 Å². The number of carbonyl (C=O) groups is 1. The van der Waals surface area contributed by atoms with Gasteiger partial charge in [-0.1, -0.05) is 0 Å². The molecule has 5 nitrogen and oxygen atoms in total. The molecule has 0 saturated carbocycles. The Hall–Kier alpha value is -1.36. The summed E-state index contributed by atoms with van der Waals surface area (Å²) in [5.74, 6) is 0.558. The molecule has 94 valence electrons. The van der Waals surface area contributed by atoms with Gasteiger partial charge in [-0.15, -0.1) is 0 Å². The van der Waals surface area contributed by atoms with Crippen molar-refractivity contribution in [1.82, 2.24) is 9.78 Å². The Morgan fingerprint density at radius 3 is 3.00 bits per heavy atom. The highest BCUT2D eigenvalue weighted by Crippen LogP contribution is 2.27. The van der Waals surface area contributed by atoms with Gasteiger partial charge in [-0.3, -0.25) is 9.48 Å². The largest absolute Gasteiger partial charge is 0.493 e. The lowest BCUT2D eigenvalue weighted by Gasteiger charge is -2.10. The Morgan fingerprint density at radius 1 is 1.71 bits per heavy atom. The van der Waals surface area contributed by atoms with Crippen molar-refractivity contribution in [2.45, 2.75) is 32.9 Å². The summed E-state index contributed by atoms with van der Waals surface area (Å²) in [7, 11) is 1.56. The van der Waals surface area contributed by atoms with E-state index >= 15 is 0 Å². The lowest BCUT2D eigenvalue weighted by Crippen LogP contribution is -2.20. The Kier molecular flexibility index (Phi) is 3.47. The highest BCUT2D eigenvalue weighted by molar-refractivity contribution is 5.99. The summed E-state index contributed by atoms with van der Waals surface area (Å²) in [6.07, 6.45) is 2.53. The topological polar surface area (TPSA) is 53.4 Å². The van der Waals surface area contributed by atoms with Crippen molar-refractivity contribution in [1.29, 1.82) is 0 Å². The van der Waals surface area contributed by atoms with E-state index in [1.165, 1.54) is 0 Å². The van der Waals surface area contributed by atoms with Crippen molar-refractivity contribution >= 4 is 5.78 Å². The van der Waals surface area contributed by atoms with Crippen LogP contribution < -0.4 is 4.74 Å². The maximum atomic E-state index is 12.4. The molecule has 1 aromatic heterocycles. The van der Waals surface area contributed by atoms with E-state index in [0.29, 0.717) is 24.6 Å². The van der Waals surface area contributed by atoms with Crippen molar-refractivity contribution in [2.24, 2.45) is 5.92 Å². The second-order valence-corrected chi connectivity index (χ2v) is 4.32. The van der Waals surface area contributed by atoms with Gasteiger partial charge in [-0.05, 0) is 20.3 Å². The Bertz CT molecular complexity index is 392. The van der Waals surface area contributed by atoms with E-state index in [9.17, 15) is 4.79 Å². The van der Waals surface area contributed by atoms with Crippen LogP contribution in [0.25, 0.3) is 0 Å². The van der Waals surface area contributed by atoms with Crippen LogP contribution in [0.1, 0.15) is 30.8 Å². The van der Waals surface area contributed by atoms with Gasteiger partial charge in [0.2, 0.25) is 0 Å². The van der Waals surface area contributed by atoms with Gasteiger partial charge >= 0.3 is 0 Å². The fourth-order valence-corrected chi connectivity index (χ4v) is 2.20. The lowest BCUT2D eigenvalue weighted by atomic mass is 9.98. The molecule has 0 radical (unpaired) electrons. The number of ketones is 1. The monoisotopic (exact) mass is 238 g/mol. The second kappa shape index (κ2) is 4.87. The summed E-state index contributed by atoms with van der Waals surface area (Å²) in [6.45, 7) is 5.10. The summed E-state index contributed by atoms with van der Waals surface area (Å²) in [5, 5.41) is 4.15. The molecule has 17 heavy (non-hydrogen) atoms. The molecular formula is C12H18N2O3. The minimum Gasteiger partial charge on any atom is -0.493 e. The summed E-state index contributed by atoms with van der Waals surface area (Å²) < 4.78 is 12.3. The first-order valence-corrected chi connectivity index (χ1v) is 5.93. The van der Waals surface area contributed by atoms with Gasteiger partial charge in [-0.2, -0.15) is 5.10 Å². The van der Waals surface area contributed by atoms with Crippen LogP contribution in [0.4, 0.5) is 0 Å². The molecule has 0 bridgehead atoms. The number of rotatable bonds is 4. The molecule has 2 heterocycles. The average molecular weight is 238 g/mol. The van der Waals surface area contributed by atoms with Crippen LogP contribution in [0.3, 0.4) is 0 Å².